The lowest BCUT2D eigenvalue weighted by Crippen LogP contribution is -2.28. The smallest absolute Gasteiger partial charge is 0.111 e. The predicted octanol–water partition coefficient (Wildman–Crippen LogP) is 4.22. The number of aromatic nitrogens is 2. The molecule has 2 rings (SSSR count). The van der Waals surface area contributed by atoms with E-state index in [2.05, 4.69) is 36.4 Å². The molecule has 1 aromatic carbocycles. The van der Waals surface area contributed by atoms with Crippen molar-refractivity contribution in [3.05, 3.63) is 29.6 Å². The van der Waals surface area contributed by atoms with Crippen molar-refractivity contribution in [1.82, 2.24) is 9.55 Å². The molecule has 0 spiro atoms. The van der Waals surface area contributed by atoms with Crippen molar-refractivity contribution in [2.45, 2.75) is 45.6 Å². The molecule has 3 nitrogen and oxygen atoms in total. The van der Waals surface area contributed by atoms with Gasteiger partial charge >= 0.3 is 0 Å². The lowest BCUT2D eigenvalue weighted by atomic mass is 9.97. The average molecular weight is 290 g/mol. The van der Waals surface area contributed by atoms with Crippen molar-refractivity contribution in [2.24, 2.45) is 0 Å². The van der Waals surface area contributed by atoms with Gasteiger partial charge in [-0.25, -0.2) is 4.98 Å². The highest BCUT2D eigenvalue weighted by atomic mass is 35.5. The van der Waals surface area contributed by atoms with Gasteiger partial charge in [0, 0.05) is 17.8 Å². The second-order valence-corrected chi connectivity index (χ2v) is 6.03. The summed E-state index contributed by atoms with van der Waals surface area (Å²) < 4.78 is 2.26. The molecule has 0 aliphatic heterocycles. The third-order valence-electron chi connectivity index (χ3n) is 3.66. The minimum Gasteiger partial charge on any atom is -0.322 e. The van der Waals surface area contributed by atoms with Crippen LogP contribution in [-0.4, -0.2) is 15.4 Å². The first-order valence-electron chi connectivity index (χ1n) is 7.02. The first-order chi connectivity index (χ1) is 9.55. The molecule has 4 heteroatoms. The number of benzene rings is 1. The number of para-hydroxylation sites is 1. The van der Waals surface area contributed by atoms with Crippen LogP contribution in [0.25, 0.3) is 11.0 Å². The van der Waals surface area contributed by atoms with Crippen LogP contribution in [0.15, 0.2) is 18.2 Å². The number of halogens is 1. The molecular formula is C16H20ClN3. The molecule has 0 unspecified atom stereocenters. The maximum atomic E-state index is 9.25. The lowest BCUT2D eigenvalue weighted by Gasteiger charge is -2.29. The fraction of sp³-hybridized carbons (Fsp3) is 0.500. The Morgan fingerprint density at radius 1 is 1.40 bits per heavy atom. The Labute approximate surface area is 125 Å². The van der Waals surface area contributed by atoms with E-state index in [9.17, 15) is 5.26 Å². The Morgan fingerprint density at radius 3 is 2.75 bits per heavy atom. The van der Waals surface area contributed by atoms with E-state index in [1.165, 1.54) is 0 Å². The number of imidazole rings is 1. The number of fused-ring (bicyclic) bond motifs is 1. The predicted molar refractivity (Wildman–Crippen MR) is 83.1 cm³/mol. The number of hydrogen-bond acceptors (Lipinski definition) is 2. The van der Waals surface area contributed by atoms with Crippen LogP contribution in [0.2, 0.25) is 0 Å². The van der Waals surface area contributed by atoms with E-state index in [-0.39, 0.29) is 5.54 Å². The third-order valence-corrected chi connectivity index (χ3v) is 3.85. The van der Waals surface area contributed by atoms with E-state index in [4.69, 9.17) is 11.6 Å². The third kappa shape index (κ3) is 2.53. The quantitative estimate of drug-likeness (QED) is 0.773. The summed E-state index contributed by atoms with van der Waals surface area (Å²) in [5.41, 5.74) is 2.42. The maximum Gasteiger partial charge on any atom is 0.111 e. The minimum atomic E-state index is -0.0288. The Balaban J connectivity index is 2.73. The van der Waals surface area contributed by atoms with Gasteiger partial charge < -0.3 is 4.57 Å². The maximum absolute atomic E-state index is 9.25. The summed E-state index contributed by atoms with van der Waals surface area (Å²) in [5, 5.41) is 9.25. The van der Waals surface area contributed by atoms with Gasteiger partial charge in [-0.1, -0.05) is 19.4 Å². The fourth-order valence-corrected chi connectivity index (χ4v) is 3.06. The molecule has 2 aromatic rings. The highest BCUT2D eigenvalue weighted by Gasteiger charge is 2.25. The topological polar surface area (TPSA) is 41.6 Å². The fourth-order valence-electron chi connectivity index (χ4n) is 2.89. The van der Waals surface area contributed by atoms with Gasteiger partial charge in [-0.05, 0) is 32.4 Å². The van der Waals surface area contributed by atoms with Crippen molar-refractivity contribution in [3.8, 4) is 6.07 Å². The molecule has 0 aliphatic carbocycles. The summed E-state index contributed by atoms with van der Waals surface area (Å²) in [5.74, 6) is 1.50. The molecule has 1 aromatic heterocycles. The number of aryl methyl sites for hydroxylation is 1. The molecule has 0 fully saturated rings. The molecule has 106 valence electrons. The van der Waals surface area contributed by atoms with Crippen LogP contribution in [-0.2, 0) is 12.0 Å². The van der Waals surface area contributed by atoms with Crippen LogP contribution in [0.1, 0.15) is 45.0 Å². The van der Waals surface area contributed by atoms with E-state index in [0.29, 0.717) is 17.9 Å². The van der Waals surface area contributed by atoms with Gasteiger partial charge in [-0.15, -0.1) is 11.6 Å². The van der Waals surface area contributed by atoms with E-state index in [1.54, 1.807) is 0 Å². The summed E-state index contributed by atoms with van der Waals surface area (Å²) in [6.45, 7) is 6.62. The Bertz CT molecular complexity index is 650. The number of rotatable bonds is 5. The summed E-state index contributed by atoms with van der Waals surface area (Å²) in [6.07, 6.45) is 2.88. The van der Waals surface area contributed by atoms with Gasteiger partial charge in [0.15, 0.2) is 0 Å². The second kappa shape index (κ2) is 5.85. The van der Waals surface area contributed by atoms with E-state index in [1.807, 2.05) is 18.2 Å². The normalized spacial score (nSPS) is 11.8. The minimum absolute atomic E-state index is 0.0288. The van der Waals surface area contributed by atoms with Gasteiger partial charge in [0.05, 0.1) is 11.1 Å². The number of hydrogen-bond donors (Lipinski definition) is 0. The zero-order chi connectivity index (χ0) is 14.8. The molecular weight excluding hydrogens is 270 g/mol. The number of nitriles is 1. The lowest BCUT2D eigenvalue weighted by molar-refractivity contribution is 0.324. The van der Waals surface area contributed by atoms with E-state index < -0.39 is 0 Å². The highest BCUT2D eigenvalue weighted by Crippen LogP contribution is 2.30. The molecule has 0 bridgehead atoms. The van der Waals surface area contributed by atoms with Crippen LogP contribution < -0.4 is 0 Å². The zero-order valence-electron chi connectivity index (χ0n) is 12.3. The molecule has 0 amide bonds. The molecule has 0 saturated heterocycles. The van der Waals surface area contributed by atoms with Gasteiger partial charge in [-0.3, -0.25) is 0 Å². The molecule has 0 radical (unpaired) electrons. The summed E-state index contributed by atoms with van der Waals surface area (Å²) in [7, 11) is 0. The van der Waals surface area contributed by atoms with Crippen LogP contribution in [0, 0.1) is 11.3 Å². The van der Waals surface area contributed by atoms with Gasteiger partial charge in [0.2, 0.25) is 0 Å². The van der Waals surface area contributed by atoms with Gasteiger partial charge in [0.1, 0.15) is 17.4 Å². The zero-order valence-corrected chi connectivity index (χ0v) is 13.0. The van der Waals surface area contributed by atoms with Crippen molar-refractivity contribution >= 4 is 22.6 Å². The molecule has 0 atom stereocenters. The van der Waals surface area contributed by atoms with Crippen LogP contribution in [0.5, 0.6) is 0 Å². The molecule has 0 saturated carbocycles. The second-order valence-electron chi connectivity index (χ2n) is 5.65. The molecule has 0 aliphatic rings. The molecule has 1 heterocycles. The van der Waals surface area contributed by atoms with Crippen molar-refractivity contribution < 1.29 is 0 Å². The standard InChI is InChI=1S/C16H20ClN3/c1-4-9-16(2,3)20-13-7-5-6-12(11-18)15(13)19-14(20)8-10-17/h5-7H,4,8-10H2,1-3H3. The van der Waals surface area contributed by atoms with Gasteiger partial charge in [-0.2, -0.15) is 5.26 Å². The van der Waals surface area contributed by atoms with Gasteiger partial charge in [0.25, 0.3) is 0 Å². The summed E-state index contributed by atoms with van der Waals surface area (Å²) >= 11 is 5.92. The summed E-state index contributed by atoms with van der Waals surface area (Å²) in [4.78, 5) is 4.68. The molecule has 20 heavy (non-hydrogen) atoms. The Kier molecular flexibility index (Phi) is 4.35. The van der Waals surface area contributed by atoms with E-state index >= 15 is 0 Å². The Morgan fingerprint density at radius 2 is 2.15 bits per heavy atom. The first kappa shape index (κ1) is 14.9. The SMILES string of the molecule is CCCC(C)(C)n1c(CCCl)nc2c(C#N)cccc21. The van der Waals surface area contributed by atoms with Crippen molar-refractivity contribution in [3.63, 3.8) is 0 Å². The number of nitrogens with zero attached hydrogens (tertiary/aromatic N) is 3. The van der Waals surface area contributed by atoms with Crippen molar-refractivity contribution in [2.75, 3.05) is 5.88 Å². The van der Waals surface area contributed by atoms with Crippen LogP contribution >= 0.6 is 11.6 Å². The largest absolute Gasteiger partial charge is 0.322 e. The van der Waals surface area contributed by atoms with Crippen LogP contribution in [0.3, 0.4) is 0 Å². The van der Waals surface area contributed by atoms with E-state index in [0.717, 1.165) is 29.7 Å². The monoisotopic (exact) mass is 289 g/mol. The number of alkyl halides is 1. The highest BCUT2D eigenvalue weighted by molar-refractivity contribution is 6.17. The Hall–Kier alpha value is -1.53. The van der Waals surface area contributed by atoms with Crippen molar-refractivity contribution in [1.29, 1.82) is 5.26 Å². The summed E-state index contributed by atoms with van der Waals surface area (Å²) in [6, 6.07) is 8.01. The molecule has 0 N–H and O–H groups in total. The van der Waals surface area contributed by atoms with Crippen LogP contribution in [0.4, 0.5) is 0 Å². The average Bonchev–Trinajstić information content (AvgIpc) is 2.77. The first-order valence-corrected chi connectivity index (χ1v) is 7.55.